The van der Waals surface area contributed by atoms with Gasteiger partial charge in [0.05, 0.1) is 16.7 Å². The van der Waals surface area contributed by atoms with Crippen LogP contribution in [0.2, 0.25) is 5.02 Å². The first kappa shape index (κ1) is 14.8. The number of furan rings is 1. The first-order valence-corrected chi connectivity index (χ1v) is 6.04. The van der Waals surface area contributed by atoms with Crippen LogP contribution in [0.3, 0.4) is 0 Å². The van der Waals surface area contributed by atoms with E-state index in [1.54, 1.807) is 0 Å². The lowest BCUT2D eigenvalue weighted by molar-refractivity contribution is -0.384. The summed E-state index contributed by atoms with van der Waals surface area (Å²) in [6.45, 7) is -0.0517. The highest BCUT2D eigenvalue weighted by atomic mass is 35.5. The number of nitrogens with zero attached hydrogens (tertiary/aromatic N) is 1. The molecule has 3 N–H and O–H groups in total. The molecule has 9 heteroatoms. The number of halogens is 1. The second-order valence-corrected chi connectivity index (χ2v) is 4.30. The average molecular weight is 312 g/mol. The minimum absolute atomic E-state index is 0.0446. The molecule has 0 bridgehead atoms. The molecule has 0 fully saturated rings. The Kier molecular flexibility index (Phi) is 4.41. The predicted molar refractivity (Wildman–Crippen MR) is 72.8 cm³/mol. The predicted octanol–water partition coefficient (Wildman–Crippen LogP) is 2.02. The van der Waals surface area contributed by atoms with E-state index < -0.39 is 10.8 Å². The van der Waals surface area contributed by atoms with E-state index in [0.29, 0.717) is 5.75 Å². The van der Waals surface area contributed by atoms with E-state index in [1.807, 2.05) is 5.43 Å². The summed E-state index contributed by atoms with van der Waals surface area (Å²) >= 11 is 5.76. The molecule has 0 unspecified atom stereocenters. The highest BCUT2D eigenvalue weighted by Gasteiger charge is 2.16. The fraction of sp³-hybridized carbons (Fsp3) is 0.0833. The molecule has 0 aliphatic rings. The van der Waals surface area contributed by atoms with Crippen LogP contribution in [0.25, 0.3) is 0 Å². The van der Waals surface area contributed by atoms with Crippen LogP contribution >= 0.6 is 11.6 Å². The van der Waals surface area contributed by atoms with Crippen molar-refractivity contribution in [1.29, 1.82) is 0 Å². The van der Waals surface area contributed by atoms with Gasteiger partial charge in [0.15, 0.2) is 5.76 Å². The summed E-state index contributed by atoms with van der Waals surface area (Å²) in [6.07, 6.45) is 1.33. The van der Waals surface area contributed by atoms with Crippen LogP contribution in [0.15, 0.2) is 34.9 Å². The third-order valence-electron chi connectivity index (χ3n) is 2.61. The molecule has 2 aromatic rings. The van der Waals surface area contributed by atoms with E-state index in [1.165, 1.54) is 30.5 Å². The lowest BCUT2D eigenvalue weighted by Crippen LogP contribution is -2.30. The minimum atomic E-state index is -0.595. The lowest BCUT2D eigenvalue weighted by Gasteiger charge is -2.06. The summed E-state index contributed by atoms with van der Waals surface area (Å²) in [5, 5.41) is 10.6. The van der Waals surface area contributed by atoms with Crippen molar-refractivity contribution in [1.82, 2.24) is 5.43 Å². The zero-order valence-electron chi connectivity index (χ0n) is 10.5. The van der Waals surface area contributed by atoms with Crippen LogP contribution in [0.4, 0.5) is 5.69 Å². The number of ether oxygens (including phenoxy) is 1. The Morgan fingerprint density at radius 3 is 2.86 bits per heavy atom. The van der Waals surface area contributed by atoms with Crippen molar-refractivity contribution in [3.8, 4) is 5.75 Å². The van der Waals surface area contributed by atoms with Crippen molar-refractivity contribution in [2.45, 2.75) is 6.61 Å². The van der Waals surface area contributed by atoms with E-state index in [2.05, 4.69) is 0 Å². The topological polar surface area (TPSA) is 121 Å². The van der Waals surface area contributed by atoms with Crippen molar-refractivity contribution in [2.24, 2.45) is 5.84 Å². The molecular formula is C12H10ClN3O5. The molecular weight excluding hydrogens is 302 g/mol. The first-order chi connectivity index (χ1) is 10.0. The molecule has 0 saturated heterocycles. The Bertz CT molecular complexity index is 685. The van der Waals surface area contributed by atoms with E-state index in [4.69, 9.17) is 26.6 Å². The highest BCUT2D eigenvalue weighted by Crippen LogP contribution is 2.28. The standard InChI is InChI=1S/C12H10ClN3O5/c13-9-5-7(1-2-10(9)16(18)19)21-6-11-8(3-4-20-11)12(17)15-14/h1-5H,6,14H2,(H,15,17). The molecule has 21 heavy (non-hydrogen) atoms. The molecule has 1 heterocycles. The van der Waals surface area contributed by atoms with Crippen molar-refractivity contribution >= 4 is 23.2 Å². The number of nitro groups is 1. The number of hydrazine groups is 1. The smallest absolute Gasteiger partial charge is 0.288 e. The monoisotopic (exact) mass is 311 g/mol. The molecule has 0 atom stereocenters. The Balaban J connectivity index is 2.10. The number of nitrogens with one attached hydrogen (secondary N) is 1. The van der Waals surface area contributed by atoms with Crippen LogP contribution in [-0.2, 0) is 6.61 Å². The molecule has 0 saturated carbocycles. The minimum Gasteiger partial charge on any atom is -0.486 e. The van der Waals surface area contributed by atoms with Gasteiger partial charge in [-0.3, -0.25) is 20.3 Å². The summed E-state index contributed by atoms with van der Waals surface area (Å²) in [5.41, 5.74) is 2.01. The zero-order valence-corrected chi connectivity index (χ0v) is 11.3. The van der Waals surface area contributed by atoms with Gasteiger partial charge in [-0.2, -0.15) is 0 Å². The molecule has 0 radical (unpaired) electrons. The van der Waals surface area contributed by atoms with Crippen LogP contribution in [0.1, 0.15) is 16.1 Å². The fourth-order valence-electron chi connectivity index (χ4n) is 1.61. The maximum Gasteiger partial charge on any atom is 0.288 e. The third kappa shape index (κ3) is 3.30. The molecule has 110 valence electrons. The zero-order chi connectivity index (χ0) is 15.4. The number of carbonyl (C=O) groups excluding carboxylic acids is 1. The van der Waals surface area contributed by atoms with Gasteiger partial charge >= 0.3 is 0 Å². The van der Waals surface area contributed by atoms with Gasteiger partial charge in [-0.1, -0.05) is 11.6 Å². The van der Waals surface area contributed by atoms with E-state index in [-0.39, 0.29) is 28.6 Å². The third-order valence-corrected chi connectivity index (χ3v) is 2.91. The van der Waals surface area contributed by atoms with Crippen molar-refractivity contribution < 1.29 is 18.9 Å². The van der Waals surface area contributed by atoms with Gasteiger partial charge in [0.25, 0.3) is 11.6 Å². The SMILES string of the molecule is NNC(=O)c1ccoc1COc1ccc([N+](=O)[O-])c(Cl)c1. The molecule has 0 aliphatic heterocycles. The van der Waals surface area contributed by atoms with Crippen LogP contribution < -0.4 is 16.0 Å². The van der Waals surface area contributed by atoms with E-state index in [0.717, 1.165) is 0 Å². The van der Waals surface area contributed by atoms with Crippen molar-refractivity contribution in [2.75, 3.05) is 0 Å². The Hall–Kier alpha value is -2.58. The quantitative estimate of drug-likeness (QED) is 0.377. The number of hydrogen-bond donors (Lipinski definition) is 2. The Labute approximate surface area is 123 Å². The summed E-state index contributed by atoms with van der Waals surface area (Å²) in [4.78, 5) is 21.5. The summed E-state index contributed by atoms with van der Waals surface area (Å²) in [6, 6.07) is 5.39. The second kappa shape index (κ2) is 6.25. The Morgan fingerprint density at radius 2 is 2.24 bits per heavy atom. The summed E-state index contributed by atoms with van der Waals surface area (Å²) in [7, 11) is 0. The molecule has 1 aromatic carbocycles. The number of hydrogen-bond acceptors (Lipinski definition) is 6. The van der Waals surface area contributed by atoms with Crippen molar-refractivity contribution in [3.63, 3.8) is 0 Å². The average Bonchev–Trinajstić information content (AvgIpc) is 2.92. The molecule has 0 aliphatic carbocycles. The van der Waals surface area contributed by atoms with E-state index in [9.17, 15) is 14.9 Å². The second-order valence-electron chi connectivity index (χ2n) is 3.89. The number of nitrogens with two attached hydrogens (primary N) is 1. The lowest BCUT2D eigenvalue weighted by atomic mass is 10.2. The summed E-state index contributed by atoms with van der Waals surface area (Å²) in [5.74, 6) is 5.11. The molecule has 0 spiro atoms. The number of nitro benzene ring substituents is 1. The van der Waals surface area contributed by atoms with Gasteiger partial charge in [0, 0.05) is 12.1 Å². The van der Waals surface area contributed by atoms with Crippen LogP contribution in [0, 0.1) is 10.1 Å². The maximum atomic E-state index is 11.4. The molecule has 1 aromatic heterocycles. The van der Waals surface area contributed by atoms with Crippen LogP contribution in [0.5, 0.6) is 5.75 Å². The van der Waals surface area contributed by atoms with Crippen LogP contribution in [-0.4, -0.2) is 10.8 Å². The highest BCUT2D eigenvalue weighted by molar-refractivity contribution is 6.32. The molecule has 1 amide bonds. The number of benzene rings is 1. The van der Waals surface area contributed by atoms with E-state index >= 15 is 0 Å². The largest absolute Gasteiger partial charge is 0.486 e. The Morgan fingerprint density at radius 1 is 1.48 bits per heavy atom. The van der Waals surface area contributed by atoms with Gasteiger partial charge in [0.1, 0.15) is 17.4 Å². The van der Waals surface area contributed by atoms with Gasteiger partial charge in [-0.15, -0.1) is 0 Å². The van der Waals surface area contributed by atoms with Gasteiger partial charge in [-0.05, 0) is 12.1 Å². The van der Waals surface area contributed by atoms with Crippen molar-refractivity contribution in [3.05, 3.63) is 57.0 Å². The number of carbonyl (C=O) groups is 1. The van der Waals surface area contributed by atoms with Gasteiger partial charge in [0.2, 0.25) is 0 Å². The molecule has 8 nitrogen and oxygen atoms in total. The first-order valence-electron chi connectivity index (χ1n) is 5.67. The fourth-order valence-corrected chi connectivity index (χ4v) is 1.85. The summed E-state index contributed by atoms with van der Waals surface area (Å²) < 4.78 is 10.5. The van der Waals surface area contributed by atoms with Gasteiger partial charge < -0.3 is 9.15 Å². The number of amides is 1. The maximum absolute atomic E-state index is 11.4. The number of rotatable bonds is 5. The normalized spacial score (nSPS) is 10.2. The number of nitrogen functional groups attached to an aromatic ring is 1. The molecule has 2 rings (SSSR count). The van der Waals surface area contributed by atoms with Gasteiger partial charge in [-0.25, -0.2) is 5.84 Å².